The molecule has 2 amide bonds. The van der Waals surface area contributed by atoms with Gasteiger partial charge in [-0.3, -0.25) is 18.9 Å². The van der Waals surface area contributed by atoms with Gasteiger partial charge < -0.3 is 15.3 Å². The van der Waals surface area contributed by atoms with Crippen molar-refractivity contribution < 1.29 is 32.5 Å². The molecule has 1 heterocycles. The van der Waals surface area contributed by atoms with Crippen LogP contribution in [0.3, 0.4) is 0 Å². The molecule has 2 aromatic rings. The minimum absolute atomic E-state index is 0.0643. The number of amides is 2. The number of nitrogens with zero attached hydrogens (tertiary/aromatic N) is 1. The Morgan fingerprint density at radius 2 is 1.88 bits per heavy atom. The molecule has 0 spiro atoms. The summed E-state index contributed by atoms with van der Waals surface area (Å²) in [4.78, 5) is 38.0. The first-order valence-electron chi connectivity index (χ1n) is 9.77. The zero-order valence-corrected chi connectivity index (χ0v) is 18.1. The molecule has 32 heavy (non-hydrogen) atoms. The largest absolute Gasteiger partial charge is 0.478 e. The van der Waals surface area contributed by atoms with E-state index in [9.17, 15) is 22.8 Å². The first kappa shape index (κ1) is 23.2. The number of anilines is 1. The van der Waals surface area contributed by atoms with Gasteiger partial charge >= 0.3 is 16.3 Å². The molecule has 0 radical (unpaired) electrons. The number of rotatable bonds is 7. The van der Waals surface area contributed by atoms with Gasteiger partial charge in [-0.25, -0.2) is 4.79 Å². The Morgan fingerprint density at radius 3 is 2.53 bits per heavy atom. The number of carboxylic acid groups (broad SMARTS) is 1. The van der Waals surface area contributed by atoms with Crippen molar-refractivity contribution >= 4 is 33.8 Å². The molecule has 2 aromatic carbocycles. The molecule has 1 atom stereocenters. The van der Waals surface area contributed by atoms with E-state index in [2.05, 4.69) is 5.32 Å². The molecule has 0 unspecified atom stereocenters. The highest BCUT2D eigenvalue weighted by atomic mass is 32.2. The van der Waals surface area contributed by atoms with E-state index in [0.717, 1.165) is 5.56 Å². The molecule has 11 heteroatoms. The Bertz CT molecular complexity index is 1160. The van der Waals surface area contributed by atoms with E-state index in [-0.39, 0.29) is 42.5 Å². The van der Waals surface area contributed by atoms with Crippen LogP contribution in [0.1, 0.15) is 33.5 Å². The van der Waals surface area contributed by atoms with Gasteiger partial charge in [0.2, 0.25) is 11.8 Å². The molecule has 1 aliphatic heterocycles. The van der Waals surface area contributed by atoms with Crippen molar-refractivity contribution in [2.45, 2.75) is 31.8 Å². The zero-order valence-electron chi connectivity index (χ0n) is 17.2. The zero-order chi connectivity index (χ0) is 23.5. The van der Waals surface area contributed by atoms with E-state index < -0.39 is 22.3 Å². The van der Waals surface area contributed by atoms with E-state index in [1.54, 1.807) is 18.2 Å². The second kappa shape index (κ2) is 9.37. The highest BCUT2D eigenvalue weighted by Gasteiger charge is 2.34. The van der Waals surface area contributed by atoms with Crippen LogP contribution in [0.5, 0.6) is 0 Å². The molecular weight excluding hydrogens is 438 g/mol. The second-order valence-corrected chi connectivity index (χ2v) is 8.58. The van der Waals surface area contributed by atoms with E-state index in [4.69, 9.17) is 9.66 Å². The Hall–Kier alpha value is -3.44. The summed E-state index contributed by atoms with van der Waals surface area (Å²) in [6.07, 6.45) is 0.615. The maximum atomic E-state index is 13.0. The van der Waals surface area contributed by atoms with Crippen LogP contribution in [0.25, 0.3) is 0 Å². The third-order valence-electron chi connectivity index (χ3n) is 5.25. The van der Waals surface area contributed by atoms with Crippen LogP contribution in [-0.4, -0.2) is 53.9 Å². The summed E-state index contributed by atoms with van der Waals surface area (Å²) in [7, 11) is -2.96. The number of carbonyl (C=O) groups is 3. The molecule has 0 saturated carbocycles. The SMILES string of the molecule is CNC(=O)[C@@H]1Cc2ccc(NS(=O)(=O)O)cc2CN1C(=O)CCc1cccc(C(=O)O)c1. The van der Waals surface area contributed by atoms with Crippen molar-refractivity contribution in [2.75, 3.05) is 11.8 Å². The highest BCUT2D eigenvalue weighted by molar-refractivity contribution is 7.87. The number of aryl methyl sites for hydroxylation is 1. The lowest BCUT2D eigenvalue weighted by atomic mass is 9.92. The molecule has 0 aromatic heterocycles. The number of benzene rings is 2. The van der Waals surface area contributed by atoms with Gasteiger partial charge in [-0.05, 0) is 47.4 Å². The summed E-state index contributed by atoms with van der Waals surface area (Å²) in [5, 5.41) is 11.7. The average molecular weight is 461 g/mol. The summed E-state index contributed by atoms with van der Waals surface area (Å²) in [5.74, 6) is -1.67. The second-order valence-electron chi connectivity index (χ2n) is 7.42. The van der Waals surface area contributed by atoms with Crippen molar-refractivity contribution in [2.24, 2.45) is 0 Å². The van der Waals surface area contributed by atoms with Gasteiger partial charge in [0.15, 0.2) is 0 Å². The monoisotopic (exact) mass is 461 g/mol. The minimum atomic E-state index is -4.45. The molecule has 0 bridgehead atoms. The smallest absolute Gasteiger partial charge is 0.357 e. The molecule has 1 aliphatic rings. The number of carbonyl (C=O) groups excluding carboxylic acids is 2. The molecule has 0 aliphatic carbocycles. The van der Waals surface area contributed by atoms with Crippen molar-refractivity contribution in [1.29, 1.82) is 0 Å². The van der Waals surface area contributed by atoms with Gasteiger partial charge in [0.05, 0.1) is 11.3 Å². The number of fused-ring (bicyclic) bond motifs is 1. The third-order valence-corrected chi connectivity index (χ3v) is 5.75. The van der Waals surface area contributed by atoms with E-state index >= 15 is 0 Å². The summed E-state index contributed by atoms with van der Waals surface area (Å²) in [5.41, 5.74) is 2.40. The van der Waals surface area contributed by atoms with Crippen LogP contribution in [0.15, 0.2) is 42.5 Å². The van der Waals surface area contributed by atoms with Crippen LogP contribution in [0.4, 0.5) is 5.69 Å². The topological polar surface area (TPSA) is 153 Å². The number of nitrogens with one attached hydrogen (secondary N) is 2. The van der Waals surface area contributed by atoms with Gasteiger partial charge in [-0.15, -0.1) is 0 Å². The van der Waals surface area contributed by atoms with Crippen LogP contribution in [0, 0.1) is 0 Å². The van der Waals surface area contributed by atoms with E-state index in [1.807, 2.05) is 4.72 Å². The lowest BCUT2D eigenvalue weighted by Gasteiger charge is -2.36. The normalized spacial score (nSPS) is 15.6. The van der Waals surface area contributed by atoms with Crippen molar-refractivity contribution in [3.63, 3.8) is 0 Å². The lowest BCUT2D eigenvalue weighted by molar-refractivity contribution is -0.141. The van der Waals surface area contributed by atoms with Crippen LogP contribution in [0.2, 0.25) is 0 Å². The van der Waals surface area contributed by atoms with E-state index in [1.165, 1.54) is 36.2 Å². The molecule has 3 rings (SSSR count). The number of hydrogen-bond donors (Lipinski definition) is 4. The van der Waals surface area contributed by atoms with Gasteiger partial charge in [0.1, 0.15) is 6.04 Å². The van der Waals surface area contributed by atoms with Crippen molar-refractivity contribution in [1.82, 2.24) is 10.2 Å². The highest BCUT2D eigenvalue weighted by Crippen LogP contribution is 2.27. The summed E-state index contributed by atoms with van der Waals surface area (Å²) in [6, 6.07) is 10.2. The predicted molar refractivity (Wildman–Crippen MR) is 115 cm³/mol. The molecule has 0 fully saturated rings. The Labute approximate surface area is 185 Å². The Kier molecular flexibility index (Phi) is 6.80. The maximum absolute atomic E-state index is 13.0. The van der Waals surface area contributed by atoms with Gasteiger partial charge in [0, 0.05) is 26.4 Å². The van der Waals surface area contributed by atoms with Crippen molar-refractivity contribution in [3.05, 3.63) is 64.7 Å². The number of likely N-dealkylation sites (N-methyl/N-ethyl adjacent to an activating group) is 1. The van der Waals surface area contributed by atoms with Crippen LogP contribution in [-0.2, 0) is 39.3 Å². The van der Waals surface area contributed by atoms with Crippen molar-refractivity contribution in [3.8, 4) is 0 Å². The van der Waals surface area contributed by atoms with Gasteiger partial charge in [-0.1, -0.05) is 18.2 Å². The standard InChI is InChI=1S/C21H23N3O7S/c1-22-20(26)18-11-14-6-7-17(23-32(29,30)31)10-16(14)12-24(18)19(25)8-5-13-3-2-4-15(9-13)21(27)28/h2-4,6-7,9-10,18,23H,5,8,11-12H2,1H3,(H,22,26)(H,27,28)(H,29,30,31)/t18-/m0/s1. The quantitative estimate of drug-likeness (QED) is 0.452. The third kappa shape index (κ3) is 5.62. The molecule has 0 saturated heterocycles. The predicted octanol–water partition coefficient (Wildman–Crippen LogP) is 1.23. The summed E-state index contributed by atoms with van der Waals surface area (Å²) < 4.78 is 33.2. The van der Waals surface area contributed by atoms with Crippen LogP contribution < -0.4 is 10.0 Å². The summed E-state index contributed by atoms with van der Waals surface area (Å²) >= 11 is 0. The first-order valence-corrected chi connectivity index (χ1v) is 11.2. The first-order chi connectivity index (χ1) is 15.1. The van der Waals surface area contributed by atoms with Gasteiger partial charge in [-0.2, -0.15) is 8.42 Å². The molecule has 4 N–H and O–H groups in total. The average Bonchev–Trinajstić information content (AvgIpc) is 2.75. The lowest BCUT2D eigenvalue weighted by Crippen LogP contribution is -2.52. The Morgan fingerprint density at radius 1 is 1.12 bits per heavy atom. The number of hydrogen-bond acceptors (Lipinski definition) is 5. The molecule has 10 nitrogen and oxygen atoms in total. The van der Waals surface area contributed by atoms with Crippen LogP contribution >= 0.6 is 0 Å². The fourth-order valence-electron chi connectivity index (χ4n) is 3.71. The summed E-state index contributed by atoms with van der Waals surface area (Å²) in [6.45, 7) is 0.0857. The minimum Gasteiger partial charge on any atom is -0.478 e. The number of carboxylic acids is 1. The van der Waals surface area contributed by atoms with E-state index in [0.29, 0.717) is 17.5 Å². The fourth-order valence-corrected chi connectivity index (χ4v) is 4.14. The Balaban J connectivity index is 1.81. The fraction of sp³-hybridized carbons (Fsp3) is 0.286. The molecular formula is C21H23N3O7S. The van der Waals surface area contributed by atoms with Gasteiger partial charge in [0.25, 0.3) is 0 Å². The molecule has 170 valence electrons. The number of aromatic carboxylic acids is 1. The maximum Gasteiger partial charge on any atom is 0.357 e.